The number of rotatable bonds is 6. The standard InChI is InChI=1S/C15H20N2O3S/c1-20-8-7-17-10-12(9-14(17)18)16-15(19)11-3-5-13(21-2)6-4-11/h3-6,12H,7-10H2,1-2H3,(H,16,19). The maximum atomic E-state index is 12.2. The zero-order valence-corrected chi connectivity index (χ0v) is 13.1. The van der Waals surface area contributed by atoms with Crippen LogP contribution in [0.2, 0.25) is 0 Å². The predicted molar refractivity (Wildman–Crippen MR) is 82.6 cm³/mol. The third-order valence-electron chi connectivity index (χ3n) is 3.47. The average molecular weight is 308 g/mol. The third-order valence-corrected chi connectivity index (χ3v) is 4.21. The van der Waals surface area contributed by atoms with Gasteiger partial charge in [-0.15, -0.1) is 11.8 Å². The number of carbonyl (C=O) groups is 2. The van der Waals surface area contributed by atoms with Gasteiger partial charge in [-0.25, -0.2) is 0 Å². The Balaban J connectivity index is 1.89. The summed E-state index contributed by atoms with van der Waals surface area (Å²) in [5.74, 6) is -0.0656. The van der Waals surface area contributed by atoms with Gasteiger partial charge in [-0.2, -0.15) is 0 Å². The smallest absolute Gasteiger partial charge is 0.251 e. The van der Waals surface area contributed by atoms with Gasteiger partial charge >= 0.3 is 0 Å². The molecule has 1 unspecified atom stereocenters. The molecule has 1 N–H and O–H groups in total. The van der Waals surface area contributed by atoms with Crippen molar-refractivity contribution < 1.29 is 14.3 Å². The van der Waals surface area contributed by atoms with Crippen LogP contribution in [0, 0.1) is 0 Å². The van der Waals surface area contributed by atoms with Crippen molar-refractivity contribution in [3.8, 4) is 0 Å². The number of ether oxygens (including phenoxy) is 1. The highest BCUT2D eigenvalue weighted by atomic mass is 32.2. The molecule has 0 aromatic heterocycles. The molecule has 1 aromatic rings. The first-order valence-electron chi connectivity index (χ1n) is 6.85. The summed E-state index contributed by atoms with van der Waals surface area (Å²) in [5.41, 5.74) is 0.621. The lowest BCUT2D eigenvalue weighted by Crippen LogP contribution is -2.37. The fourth-order valence-electron chi connectivity index (χ4n) is 2.30. The maximum Gasteiger partial charge on any atom is 0.251 e. The van der Waals surface area contributed by atoms with Crippen molar-refractivity contribution in [3.05, 3.63) is 29.8 Å². The minimum Gasteiger partial charge on any atom is -0.383 e. The quantitative estimate of drug-likeness (QED) is 0.807. The van der Waals surface area contributed by atoms with Gasteiger partial charge in [0.25, 0.3) is 5.91 Å². The zero-order chi connectivity index (χ0) is 15.2. The highest BCUT2D eigenvalue weighted by Gasteiger charge is 2.30. The van der Waals surface area contributed by atoms with Crippen molar-refractivity contribution in [2.75, 3.05) is 33.1 Å². The van der Waals surface area contributed by atoms with Crippen LogP contribution in [0.15, 0.2) is 29.2 Å². The molecule has 1 aliphatic heterocycles. The summed E-state index contributed by atoms with van der Waals surface area (Å²) in [6.07, 6.45) is 2.35. The van der Waals surface area contributed by atoms with Gasteiger partial charge in [0.2, 0.25) is 5.91 Å². The molecule has 1 aliphatic rings. The Bertz CT molecular complexity index is 504. The monoisotopic (exact) mass is 308 g/mol. The lowest BCUT2D eigenvalue weighted by atomic mass is 10.2. The molecule has 0 spiro atoms. The summed E-state index contributed by atoms with van der Waals surface area (Å²) in [5, 5.41) is 2.92. The second-order valence-electron chi connectivity index (χ2n) is 4.94. The summed E-state index contributed by atoms with van der Waals surface area (Å²) in [6, 6.07) is 7.33. The lowest BCUT2D eigenvalue weighted by molar-refractivity contribution is -0.128. The molecular formula is C15H20N2O3S. The summed E-state index contributed by atoms with van der Waals surface area (Å²) >= 11 is 1.64. The highest BCUT2D eigenvalue weighted by molar-refractivity contribution is 7.98. The number of carbonyl (C=O) groups excluding carboxylic acids is 2. The van der Waals surface area contributed by atoms with Crippen LogP contribution < -0.4 is 5.32 Å². The van der Waals surface area contributed by atoms with E-state index in [-0.39, 0.29) is 17.9 Å². The summed E-state index contributed by atoms with van der Waals surface area (Å²) < 4.78 is 4.98. The molecular weight excluding hydrogens is 288 g/mol. The van der Waals surface area contributed by atoms with Crippen LogP contribution in [0.4, 0.5) is 0 Å². The van der Waals surface area contributed by atoms with Crippen LogP contribution in [0.1, 0.15) is 16.8 Å². The predicted octanol–water partition coefficient (Wildman–Crippen LogP) is 1.39. The van der Waals surface area contributed by atoms with Gasteiger partial charge in [-0.1, -0.05) is 0 Å². The van der Waals surface area contributed by atoms with Gasteiger partial charge in [0, 0.05) is 37.1 Å². The van der Waals surface area contributed by atoms with E-state index in [1.807, 2.05) is 18.4 Å². The molecule has 0 saturated carbocycles. The van der Waals surface area contributed by atoms with Gasteiger partial charge in [0.1, 0.15) is 0 Å². The first-order valence-corrected chi connectivity index (χ1v) is 8.08. The van der Waals surface area contributed by atoms with Crippen molar-refractivity contribution in [1.82, 2.24) is 10.2 Å². The normalized spacial score (nSPS) is 18.1. The summed E-state index contributed by atoms with van der Waals surface area (Å²) in [6.45, 7) is 1.64. The number of methoxy groups -OCH3 is 1. The van der Waals surface area contributed by atoms with Crippen LogP contribution in [0.25, 0.3) is 0 Å². The fraction of sp³-hybridized carbons (Fsp3) is 0.467. The molecule has 114 valence electrons. The van der Waals surface area contributed by atoms with Crippen LogP contribution in [0.5, 0.6) is 0 Å². The Labute approximate surface area is 129 Å². The number of hydrogen-bond donors (Lipinski definition) is 1. The van der Waals surface area contributed by atoms with E-state index in [4.69, 9.17) is 4.74 Å². The number of hydrogen-bond acceptors (Lipinski definition) is 4. The van der Waals surface area contributed by atoms with Crippen LogP contribution >= 0.6 is 11.8 Å². The first-order chi connectivity index (χ1) is 10.1. The van der Waals surface area contributed by atoms with Crippen molar-refractivity contribution in [3.63, 3.8) is 0 Å². The largest absolute Gasteiger partial charge is 0.383 e. The molecule has 0 radical (unpaired) electrons. The second-order valence-corrected chi connectivity index (χ2v) is 5.82. The van der Waals surface area contributed by atoms with E-state index >= 15 is 0 Å². The van der Waals surface area contributed by atoms with Gasteiger partial charge in [0.15, 0.2) is 0 Å². The molecule has 0 bridgehead atoms. The van der Waals surface area contributed by atoms with Gasteiger partial charge < -0.3 is 15.0 Å². The van der Waals surface area contributed by atoms with Crippen molar-refractivity contribution >= 4 is 23.6 Å². The molecule has 21 heavy (non-hydrogen) atoms. The molecule has 6 heteroatoms. The summed E-state index contributed by atoms with van der Waals surface area (Å²) in [4.78, 5) is 26.8. The van der Waals surface area contributed by atoms with E-state index in [0.717, 1.165) is 4.90 Å². The molecule has 1 atom stereocenters. The Morgan fingerprint density at radius 2 is 2.14 bits per heavy atom. The topological polar surface area (TPSA) is 58.6 Å². The van der Waals surface area contributed by atoms with Crippen molar-refractivity contribution in [2.24, 2.45) is 0 Å². The molecule has 1 fully saturated rings. The fourth-order valence-corrected chi connectivity index (χ4v) is 2.71. The zero-order valence-electron chi connectivity index (χ0n) is 12.3. The van der Waals surface area contributed by atoms with Crippen LogP contribution in [-0.2, 0) is 9.53 Å². The highest BCUT2D eigenvalue weighted by Crippen LogP contribution is 2.16. The second kappa shape index (κ2) is 7.47. The van der Waals surface area contributed by atoms with E-state index in [2.05, 4.69) is 5.32 Å². The lowest BCUT2D eigenvalue weighted by Gasteiger charge is -2.16. The van der Waals surface area contributed by atoms with E-state index in [9.17, 15) is 9.59 Å². The van der Waals surface area contributed by atoms with Crippen LogP contribution in [-0.4, -0.2) is 55.8 Å². The number of thioether (sulfide) groups is 1. The van der Waals surface area contributed by atoms with Gasteiger partial charge in [-0.3, -0.25) is 9.59 Å². The first kappa shape index (κ1) is 15.9. The molecule has 5 nitrogen and oxygen atoms in total. The number of likely N-dealkylation sites (tertiary alicyclic amines) is 1. The Hall–Kier alpha value is -1.53. The molecule has 2 rings (SSSR count). The number of nitrogens with one attached hydrogen (secondary N) is 1. The van der Waals surface area contributed by atoms with Crippen LogP contribution in [0.3, 0.4) is 0 Å². The van der Waals surface area contributed by atoms with Gasteiger partial charge in [0.05, 0.1) is 12.6 Å². The van der Waals surface area contributed by atoms with E-state index in [0.29, 0.717) is 31.7 Å². The maximum absolute atomic E-state index is 12.2. The molecule has 1 aromatic carbocycles. The molecule has 0 aliphatic carbocycles. The molecule has 1 heterocycles. The van der Waals surface area contributed by atoms with Crippen molar-refractivity contribution in [2.45, 2.75) is 17.4 Å². The number of amides is 2. The number of nitrogens with zero attached hydrogens (tertiary/aromatic N) is 1. The minimum absolute atomic E-state index is 0.0649. The Morgan fingerprint density at radius 1 is 1.43 bits per heavy atom. The molecule has 1 saturated heterocycles. The Kier molecular flexibility index (Phi) is 5.64. The summed E-state index contributed by atoms with van der Waals surface area (Å²) in [7, 11) is 1.61. The number of benzene rings is 1. The third kappa shape index (κ3) is 4.22. The van der Waals surface area contributed by atoms with E-state index in [1.54, 1.807) is 35.9 Å². The molecule has 2 amide bonds. The average Bonchev–Trinajstić information content (AvgIpc) is 2.84. The van der Waals surface area contributed by atoms with Crippen molar-refractivity contribution in [1.29, 1.82) is 0 Å². The van der Waals surface area contributed by atoms with E-state index < -0.39 is 0 Å². The van der Waals surface area contributed by atoms with E-state index in [1.165, 1.54) is 0 Å². The Morgan fingerprint density at radius 3 is 2.76 bits per heavy atom. The minimum atomic E-state index is -0.131. The van der Waals surface area contributed by atoms with Gasteiger partial charge in [-0.05, 0) is 30.5 Å². The SMILES string of the molecule is COCCN1CC(NC(=O)c2ccc(SC)cc2)CC1=O.